The van der Waals surface area contributed by atoms with Crippen LogP contribution in [0.15, 0.2) is 27.3 Å². The predicted molar refractivity (Wildman–Crippen MR) is 126 cm³/mol. The standard InChI is InChI=1S/C24H29BrF4N4O3/c1-20(2,26)18-31-17(32-36-18)23-9-6-22(7-10-23,8-11-23)14-33(16-13-15(25)5-12-30-16)19(34)35-21(3,4)24(27,28)29/h5,12-13H,6-11,14H2,1-4H3. The highest BCUT2D eigenvalue weighted by Crippen LogP contribution is 2.57. The summed E-state index contributed by atoms with van der Waals surface area (Å²) >= 11 is 3.34. The van der Waals surface area contributed by atoms with E-state index in [1.165, 1.54) is 24.9 Å². The van der Waals surface area contributed by atoms with E-state index in [1.54, 1.807) is 12.1 Å². The summed E-state index contributed by atoms with van der Waals surface area (Å²) < 4.78 is 65.4. The first-order chi connectivity index (χ1) is 16.6. The number of carbonyl (C=O) groups excluding carboxylic acids is 1. The van der Waals surface area contributed by atoms with Gasteiger partial charge in [-0.25, -0.2) is 14.2 Å². The van der Waals surface area contributed by atoms with Gasteiger partial charge in [0.15, 0.2) is 11.5 Å². The molecule has 3 aliphatic carbocycles. The number of hydrogen-bond donors (Lipinski definition) is 0. The fourth-order valence-corrected chi connectivity index (χ4v) is 5.29. The quantitative estimate of drug-likeness (QED) is 0.344. The second-order valence-electron chi connectivity index (χ2n) is 11.0. The molecule has 198 valence electrons. The second-order valence-corrected chi connectivity index (χ2v) is 11.9. The minimum Gasteiger partial charge on any atom is -0.433 e. The molecule has 5 rings (SSSR count). The van der Waals surface area contributed by atoms with Gasteiger partial charge in [0.2, 0.25) is 5.60 Å². The molecule has 0 aliphatic heterocycles. The normalized spacial score (nSPS) is 24.6. The number of fused-ring (bicyclic) bond motifs is 3. The van der Waals surface area contributed by atoms with Crippen LogP contribution in [0.25, 0.3) is 0 Å². The van der Waals surface area contributed by atoms with Gasteiger partial charge in [-0.05, 0) is 83.8 Å². The fourth-order valence-electron chi connectivity index (χ4n) is 4.96. The summed E-state index contributed by atoms with van der Waals surface area (Å²) in [6.45, 7) is 4.53. The van der Waals surface area contributed by atoms with Crippen molar-refractivity contribution in [1.82, 2.24) is 15.1 Å². The van der Waals surface area contributed by atoms with E-state index in [4.69, 9.17) is 9.26 Å². The minimum absolute atomic E-state index is 0.0591. The van der Waals surface area contributed by atoms with Crippen LogP contribution in [0.3, 0.4) is 0 Å². The van der Waals surface area contributed by atoms with Crippen molar-refractivity contribution in [3.05, 3.63) is 34.5 Å². The first-order valence-corrected chi connectivity index (χ1v) is 12.6. The van der Waals surface area contributed by atoms with Gasteiger partial charge in [-0.15, -0.1) is 0 Å². The Kier molecular flexibility index (Phi) is 6.67. The third-order valence-corrected chi connectivity index (χ3v) is 8.03. The smallest absolute Gasteiger partial charge is 0.427 e. The van der Waals surface area contributed by atoms with Gasteiger partial charge in [-0.1, -0.05) is 21.1 Å². The number of aromatic nitrogens is 3. The van der Waals surface area contributed by atoms with Gasteiger partial charge in [0.25, 0.3) is 5.89 Å². The van der Waals surface area contributed by atoms with Gasteiger partial charge in [-0.2, -0.15) is 18.2 Å². The molecule has 3 fully saturated rings. The van der Waals surface area contributed by atoms with Crippen LogP contribution in [0.1, 0.15) is 77.9 Å². The summed E-state index contributed by atoms with van der Waals surface area (Å²) in [6.07, 6.45) is -0.204. The first kappa shape index (κ1) is 26.8. The number of pyridine rings is 1. The molecule has 1 amide bonds. The van der Waals surface area contributed by atoms with Crippen LogP contribution in [-0.2, 0) is 15.8 Å². The maximum Gasteiger partial charge on any atom is 0.427 e. The van der Waals surface area contributed by atoms with E-state index in [1.807, 2.05) is 0 Å². The van der Waals surface area contributed by atoms with Gasteiger partial charge in [0, 0.05) is 22.6 Å². The maximum absolute atomic E-state index is 14.3. The number of alkyl halides is 4. The lowest BCUT2D eigenvalue weighted by Gasteiger charge is -2.53. The number of nitrogens with zero attached hydrogens (tertiary/aromatic N) is 4. The molecule has 36 heavy (non-hydrogen) atoms. The topological polar surface area (TPSA) is 81.4 Å². The van der Waals surface area contributed by atoms with E-state index in [9.17, 15) is 22.4 Å². The van der Waals surface area contributed by atoms with Gasteiger partial charge >= 0.3 is 12.3 Å². The number of hydrogen-bond acceptors (Lipinski definition) is 6. The molecule has 7 nitrogen and oxygen atoms in total. The third-order valence-electron chi connectivity index (χ3n) is 7.53. The average molecular weight is 577 g/mol. The highest BCUT2D eigenvalue weighted by molar-refractivity contribution is 9.10. The number of halogens is 5. The average Bonchev–Trinajstić information content (AvgIpc) is 3.30. The molecule has 0 unspecified atom stereocenters. The zero-order chi connectivity index (χ0) is 26.6. The van der Waals surface area contributed by atoms with Crippen molar-refractivity contribution in [1.29, 1.82) is 0 Å². The van der Waals surface area contributed by atoms with Crippen molar-refractivity contribution >= 4 is 27.8 Å². The molecular weight excluding hydrogens is 548 g/mol. The fraction of sp³-hybridized carbons (Fsp3) is 0.667. The highest BCUT2D eigenvalue weighted by atomic mass is 79.9. The number of anilines is 1. The van der Waals surface area contributed by atoms with Gasteiger partial charge in [0.05, 0.1) is 0 Å². The summed E-state index contributed by atoms with van der Waals surface area (Å²) in [7, 11) is 0. The third kappa shape index (κ3) is 5.10. The van der Waals surface area contributed by atoms with Crippen molar-refractivity contribution in [2.45, 2.75) is 89.1 Å². The van der Waals surface area contributed by atoms with Gasteiger partial charge in [-0.3, -0.25) is 4.90 Å². The zero-order valence-corrected chi connectivity index (χ0v) is 22.2. The molecule has 0 aromatic carbocycles. The molecule has 2 bridgehead atoms. The lowest BCUT2D eigenvalue weighted by molar-refractivity contribution is -0.243. The molecule has 0 spiro atoms. The Balaban J connectivity index is 1.56. The zero-order valence-electron chi connectivity index (χ0n) is 20.6. The molecule has 0 radical (unpaired) electrons. The highest BCUT2D eigenvalue weighted by Gasteiger charge is 2.54. The van der Waals surface area contributed by atoms with E-state index in [-0.39, 0.29) is 29.1 Å². The maximum atomic E-state index is 14.3. The molecule has 2 aromatic heterocycles. The van der Waals surface area contributed by atoms with Crippen LogP contribution < -0.4 is 4.90 Å². The summed E-state index contributed by atoms with van der Waals surface area (Å²) in [5.74, 6) is 0.640. The van der Waals surface area contributed by atoms with E-state index >= 15 is 0 Å². The van der Waals surface area contributed by atoms with E-state index in [2.05, 4.69) is 31.1 Å². The number of rotatable bonds is 6. The Morgan fingerprint density at radius 2 is 1.72 bits per heavy atom. The monoisotopic (exact) mass is 576 g/mol. The molecule has 3 aliphatic rings. The molecule has 0 saturated heterocycles. The van der Waals surface area contributed by atoms with Crippen molar-refractivity contribution in [2.24, 2.45) is 5.41 Å². The summed E-state index contributed by atoms with van der Waals surface area (Å²) in [5, 5.41) is 4.07. The number of amides is 1. The molecule has 0 N–H and O–H groups in total. The summed E-state index contributed by atoms with van der Waals surface area (Å²) in [6, 6.07) is 3.24. The molecule has 12 heteroatoms. The Morgan fingerprint density at radius 3 is 2.22 bits per heavy atom. The Labute approximate surface area is 215 Å². The van der Waals surface area contributed by atoms with Crippen molar-refractivity contribution < 1.29 is 31.6 Å². The van der Waals surface area contributed by atoms with Crippen molar-refractivity contribution in [3.63, 3.8) is 0 Å². The van der Waals surface area contributed by atoms with Gasteiger partial charge < -0.3 is 9.26 Å². The molecule has 3 saturated carbocycles. The SMILES string of the molecule is CC(C)(F)c1nc(C23CCC(CN(C(=O)OC(C)(C)C(F)(F)F)c4cc(Br)ccn4)(CC2)CC3)no1. The van der Waals surface area contributed by atoms with Crippen LogP contribution in [0, 0.1) is 5.41 Å². The van der Waals surface area contributed by atoms with E-state index < -0.39 is 23.5 Å². The molecule has 0 atom stereocenters. The second kappa shape index (κ2) is 8.95. The molecular formula is C24H29BrF4N4O3. The molecule has 2 aromatic rings. The largest absolute Gasteiger partial charge is 0.433 e. The minimum atomic E-state index is -4.73. The summed E-state index contributed by atoms with van der Waals surface area (Å²) in [5.41, 5.74) is -5.08. The Hall–Kier alpha value is -2.24. The lowest BCUT2D eigenvalue weighted by atomic mass is 9.53. The van der Waals surface area contributed by atoms with Crippen LogP contribution in [-0.4, -0.2) is 39.5 Å². The lowest BCUT2D eigenvalue weighted by Crippen LogP contribution is -2.53. The Bertz CT molecular complexity index is 1100. The first-order valence-electron chi connectivity index (χ1n) is 11.8. The number of carbonyl (C=O) groups is 1. The predicted octanol–water partition coefficient (Wildman–Crippen LogP) is 7.01. The Morgan fingerprint density at radius 1 is 1.11 bits per heavy atom. The van der Waals surface area contributed by atoms with E-state index in [0.29, 0.717) is 48.8 Å². The van der Waals surface area contributed by atoms with Crippen molar-refractivity contribution in [3.8, 4) is 0 Å². The van der Waals surface area contributed by atoms with Gasteiger partial charge in [0.1, 0.15) is 5.82 Å². The van der Waals surface area contributed by atoms with Crippen LogP contribution >= 0.6 is 15.9 Å². The van der Waals surface area contributed by atoms with Crippen LogP contribution in [0.2, 0.25) is 0 Å². The van der Waals surface area contributed by atoms with Crippen LogP contribution in [0.5, 0.6) is 0 Å². The molecule has 2 heterocycles. The van der Waals surface area contributed by atoms with Crippen LogP contribution in [0.4, 0.5) is 28.2 Å². The summed E-state index contributed by atoms with van der Waals surface area (Å²) in [4.78, 5) is 22.9. The van der Waals surface area contributed by atoms with E-state index in [0.717, 1.165) is 13.8 Å². The number of ether oxygens (including phenoxy) is 1. The van der Waals surface area contributed by atoms with Crippen molar-refractivity contribution in [2.75, 3.05) is 11.4 Å².